The minimum Gasteiger partial charge on any atom is -0.506 e. The minimum atomic E-state index is -3.76. The van der Waals surface area contributed by atoms with Gasteiger partial charge in [0.25, 0.3) is 0 Å². The van der Waals surface area contributed by atoms with Crippen molar-refractivity contribution in [1.29, 1.82) is 0 Å². The SMILES string of the molecule is C=C(Nc1ccn([C@@H]2OC(CO)=C(O)C2(F)CC)c(=O)n1)c1ccc2c(c1)OC(F)(F)O2. The lowest BCUT2D eigenvalue weighted by atomic mass is 9.99. The summed E-state index contributed by atoms with van der Waals surface area (Å²) in [7, 11) is 0. The van der Waals surface area contributed by atoms with E-state index in [-0.39, 0.29) is 35.2 Å². The summed E-state index contributed by atoms with van der Waals surface area (Å²) in [6.07, 6.45) is -4.33. The van der Waals surface area contributed by atoms with E-state index >= 15 is 4.39 Å². The molecule has 9 nitrogen and oxygen atoms in total. The highest BCUT2D eigenvalue weighted by Gasteiger charge is 2.52. The second-order valence-electron chi connectivity index (χ2n) is 7.05. The Balaban J connectivity index is 1.54. The van der Waals surface area contributed by atoms with Gasteiger partial charge >= 0.3 is 12.0 Å². The van der Waals surface area contributed by atoms with E-state index in [1.807, 2.05) is 0 Å². The fourth-order valence-electron chi connectivity index (χ4n) is 3.39. The summed E-state index contributed by atoms with van der Waals surface area (Å²) < 4.78 is 56.4. The van der Waals surface area contributed by atoms with Crippen molar-refractivity contribution in [3.8, 4) is 11.5 Å². The van der Waals surface area contributed by atoms with E-state index in [0.29, 0.717) is 5.56 Å². The molecule has 0 amide bonds. The summed E-state index contributed by atoms with van der Waals surface area (Å²) >= 11 is 0. The molecule has 32 heavy (non-hydrogen) atoms. The average molecular weight is 453 g/mol. The van der Waals surface area contributed by atoms with Crippen LogP contribution in [0.25, 0.3) is 5.70 Å². The fraction of sp³-hybridized carbons (Fsp3) is 0.300. The minimum absolute atomic E-state index is 0.0396. The zero-order chi connectivity index (χ0) is 23.3. The first kappa shape index (κ1) is 21.6. The van der Waals surface area contributed by atoms with Crippen LogP contribution in [0.2, 0.25) is 0 Å². The third kappa shape index (κ3) is 3.51. The first-order valence-electron chi connectivity index (χ1n) is 9.42. The van der Waals surface area contributed by atoms with E-state index in [1.54, 1.807) is 0 Å². The van der Waals surface area contributed by atoms with E-state index in [2.05, 4.69) is 26.4 Å². The van der Waals surface area contributed by atoms with Crippen molar-refractivity contribution in [2.45, 2.75) is 31.5 Å². The summed E-state index contributed by atoms with van der Waals surface area (Å²) in [5.74, 6) is -1.41. The van der Waals surface area contributed by atoms with E-state index in [4.69, 9.17) is 4.74 Å². The molecule has 1 aromatic heterocycles. The lowest BCUT2D eigenvalue weighted by Crippen LogP contribution is -2.39. The molecule has 3 heterocycles. The summed E-state index contributed by atoms with van der Waals surface area (Å²) in [6, 6.07) is 5.35. The maximum Gasteiger partial charge on any atom is 0.586 e. The molecule has 0 bridgehead atoms. The molecule has 0 radical (unpaired) electrons. The molecule has 170 valence electrons. The summed E-state index contributed by atoms with van der Waals surface area (Å²) in [5, 5.41) is 22.0. The number of rotatable bonds is 6. The normalized spacial score (nSPS) is 23.2. The van der Waals surface area contributed by atoms with Crippen molar-refractivity contribution < 1.29 is 37.6 Å². The van der Waals surface area contributed by atoms with Crippen LogP contribution in [0, 0.1) is 0 Å². The number of halogens is 3. The molecule has 2 aliphatic rings. The Kier molecular flexibility index (Phi) is 5.04. The zero-order valence-electron chi connectivity index (χ0n) is 16.6. The molecule has 2 atom stereocenters. The molecule has 0 saturated carbocycles. The molecule has 4 rings (SSSR count). The van der Waals surface area contributed by atoms with Gasteiger partial charge in [-0.25, -0.2) is 9.18 Å². The Morgan fingerprint density at radius 2 is 2.00 bits per heavy atom. The molecule has 1 aromatic carbocycles. The number of alkyl halides is 3. The third-order valence-electron chi connectivity index (χ3n) is 5.07. The van der Waals surface area contributed by atoms with E-state index in [9.17, 15) is 23.8 Å². The Bertz CT molecular complexity index is 1180. The van der Waals surface area contributed by atoms with E-state index in [1.165, 1.54) is 37.4 Å². The van der Waals surface area contributed by atoms with Gasteiger partial charge in [-0.2, -0.15) is 4.98 Å². The number of aromatic nitrogens is 2. The van der Waals surface area contributed by atoms with Gasteiger partial charge in [0.2, 0.25) is 11.9 Å². The molecule has 0 fully saturated rings. The Hall–Kier alpha value is -3.67. The number of fused-ring (bicyclic) bond motifs is 1. The number of nitrogens with zero attached hydrogens (tertiary/aromatic N) is 2. The van der Waals surface area contributed by atoms with Crippen molar-refractivity contribution in [3.05, 3.63) is 64.6 Å². The van der Waals surface area contributed by atoms with Gasteiger partial charge in [-0.1, -0.05) is 13.5 Å². The molecule has 0 saturated heterocycles. The van der Waals surface area contributed by atoms with Crippen molar-refractivity contribution in [2.75, 3.05) is 11.9 Å². The molecule has 12 heteroatoms. The lowest BCUT2D eigenvalue weighted by Gasteiger charge is -2.26. The van der Waals surface area contributed by atoms with E-state index < -0.39 is 36.2 Å². The van der Waals surface area contributed by atoms with Crippen LogP contribution in [0.15, 0.2) is 53.4 Å². The molecule has 2 aromatic rings. The highest BCUT2D eigenvalue weighted by atomic mass is 19.3. The third-order valence-corrected chi connectivity index (χ3v) is 5.07. The Morgan fingerprint density at radius 3 is 2.66 bits per heavy atom. The van der Waals surface area contributed by atoms with Crippen molar-refractivity contribution in [3.63, 3.8) is 0 Å². The van der Waals surface area contributed by atoms with Crippen LogP contribution in [-0.4, -0.2) is 38.3 Å². The summed E-state index contributed by atoms with van der Waals surface area (Å²) in [4.78, 5) is 16.3. The topological polar surface area (TPSA) is 115 Å². The van der Waals surface area contributed by atoms with Crippen molar-refractivity contribution in [2.24, 2.45) is 0 Å². The van der Waals surface area contributed by atoms with Crippen molar-refractivity contribution >= 4 is 11.5 Å². The number of benzene rings is 1. The number of aliphatic hydroxyl groups is 2. The van der Waals surface area contributed by atoms with Gasteiger partial charge in [0.15, 0.2) is 23.0 Å². The number of hydrogen-bond donors (Lipinski definition) is 3. The van der Waals surface area contributed by atoms with Crippen LogP contribution in [-0.2, 0) is 4.74 Å². The monoisotopic (exact) mass is 453 g/mol. The number of hydrogen-bond acceptors (Lipinski definition) is 8. The van der Waals surface area contributed by atoms with Crippen LogP contribution in [0.3, 0.4) is 0 Å². The highest BCUT2D eigenvalue weighted by molar-refractivity contribution is 5.75. The number of anilines is 1. The van der Waals surface area contributed by atoms with Gasteiger partial charge in [-0.05, 0) is 30.7 Å². The zero-order valence-corrected chi connectivity index (χ0v) is 16.6. The highest BCUT2D eigenvalue weighted by Crippen LogP contribution is 2.45. The summed E-state index contributed by atoms with van der Waals surface area (Å²) in [6.45, 7) is 4.49. The molecule has 3 N–H and O–H groups in total. The quantitative estimate of drug-likeness (QED) is 0.612. The number of nitrogens with one attached hydrogen (secondary N) is 1. The van der Waals surface area contributed by atoms with Crippen LogP contribution >= 0.6 is 0 Å². The maximum atomic E-state index is 15.3. The Labute approximate surface area is 179 Å². The second-order valence-corrected chi connectivity index (χ2v) is 7.05. The first-order valence-corrected chi connectivity index (χ1v) is 9.42. The average Bonchev–Trinajstić information content (AvgIpc) is 3.19. The van der Waals surface area contributed by atoms with Gasteiger partial charge in [-0.15, -0.1) is 8.78 Å². The molecular weight excluding hydrogens is 435 g/mol. The van der Waals surface area contributed by atoms with Gasteiger partial charge in [0.1, 0.15) is 12.4 Å². The largest absolute Gasteiger partial charge is 0.586 e. The van der Waals surface area contributed by atoms with Crippen LogP contribution < -0.4 is 20.5 Å². The Morgan fingerprint density at radius 1 is 1.28 bits per heavy atom. The van der Waals surface area contributed by atoms with E-state index in [0.717, 1.165) is 4.57 Å². The first-order chi connectivity index (χ1) is 15.1. The van der Waals surface area contributed by atoms with Crippen LogP contribution in [0.1, 0.15) is 25.1 Å². The summed E-state index contributed by atoms with van der Waals surface area (Å²) in [5.41, 5.74) is -2.74. The molecule has 0 spiro atoms. The predicted octanol–water partition coefficient (Wildman–Crippen LogP) is 3.06. The molecule has 1 unspecified atom stereocenters. The maximum absolute atomic E-state index is 15.3. The number of aliphatic hydroxyl groups excluding tert-OH is 2. The molecular formula is C20H18F3N3O6. The fourth-order valence-corrected chi connectivity index (χ4v) is 3.39. The van der Waals surface area contributed by atoms with Crippen LogP contribution in [0.5, 0.6) is 11.5 Å². The molecule has 2 aliphatic heterocycles. The van der Waals surface area contributed by atoms with Crippen molar-refractivity contribution in [1.82, 2.24) is 9.55 Å². The standard InChI is InChI=1S/C20H18F3N3O6/c1-3-19(21)16(28)14(9-27)30-17(19)26-7-6-15(25-18(26)29)24-10(2)11-4-5-12-13(8-11)32-20(22,23)31-12/h4-8,17,27-28H,2-3,9H2,1H3,(H,24,25,29)/t17-,19?/m1/s1. The predicted molar refractivity (Wildman–Crippen MR) is 105 cm³/mol. The van der Waals surface area contributed by atoms with Gasteiger partial charge in [0, 0.05) is 17.5 Å². The van der Waals surface area contributed by atoms with Gasteiger partial charge in [-0.3, -0.25) is 4.57 Å². The van der Waals surface area contributed by atoms with Gasteiger partial charge < -0.3 is 29.7 Å². The number of ether oxygens (including phenoxy) is 3. The van der Waals surface area contributed by atoms with Crippen LogP contribution in [0.4, 0.5) is 19.0 Å². The second kappa shape index (κ2) is 7.48. The lowest BCUT2D eigenvalue weighted by molar-refractivity contribution is -0.286. The smallest absolute Gasteiger partial charge is 0.506 e. The van der Waals surface area contributed by atoms with Gasteiger partial charge in [0.05, 0.1) is 0 Å². The molecule has 0 aliphatic carbocycles.